The number of hydrogen-bond acceptors (Lipinski definition) is 11. The van der Waals surface area contributed by atoms with Crippen LogP contribution in [0.4, 0.5) is 0 Å². The van der Waals surface area contributed by atoms with E-state index in [1.807, 2.05) is 41.6 Å². The summed E-state index contributed by atoms with van der Waals surface area (Å²) in [5.41, 5.74) is 19.3. The van der Waals surface area contributed by atoms with E-state index in [2.05, 4.69) is 528 Å². The molecule has 0 saturated carbocycles. The highest BCUT2D eigenvalue weighted by molar-refractivity contribution is 7.10. The maximum absolute atomic E-state index is 10.3. The normalized spacial score (nSPS) is 13.4. The van der Waals surface area contributed by atoms with E-state index >= 15 is 0 Å². The molecule has 0 amide bonds. The first-order valence-corrected chi connectivity index (χ1v) is 51.9. The zero-order valence-electron chi connectivity index (χ0n) is 98.6. The molecule has 134 heavy (non-hydrogen) atoms. The van der Waals surface area contributed by atoms with Crippen molar-refractivity contribution in [2.45, 2.75) is 524 Å². The molecule has 0 bridgehead atoms. The highest BCUT2D eigenvalue weighted by Crippen LogP contribution is 2.42. The molecular weight excluding hydrogens is 1700 g/mol. The Balaban J connectivity index is 0.000000745. The molecule has 0 spiro atoms. The lowest BCUT2D eigenvalue weighted by Crippen LogP contribution is -2.18. The number of furan rings is 1. The highest BCUT2D eigenvalue weighted by Gasteiger charge is 2.34. The molecule has 16 heteroatoms. The third kappa shape index (κ3) is 41.5. The predicted molar refractivity (Wildman–Crippen MR) is 593 cm³/mol. The summed E-state index contributed by atoms with van der Waals surface area (Å²) in [5, 5.41) is 19.4. The van der Waals surface area contributed by atoms with Crippen LogP contribution in [0.2, 0.25) is 0 Å². The molecule has 10 heterocycles. The standard InChI is InChI=1S/C13H23NO.C13H23N.C12H22N2.C12H21N.C12H20O.C12H20S.C11H20N2.C11H19NO.2C11H19NS/c1-12(2,3)9-8-14(7)11(10(9)15)13(4,5)6;1-12(2,3)10-8-11(13(4,5)6)14(7)9-10;1-11(2,3)9-8-14(7)10(13-9)12(4,5)6;3*1-11(2,3)9-7-10(13-8-9)12(4,5)6;1-10(2,3)8-7-12-9(13-8)11(4,5)6;3*1-10(2,3)8-7-13-9(12-8)11(4,5)6/h8,15H,1-7H3;8-9H,1-7H3;8H,1-7H3;7-8,13H,1-6H3;2*7-8H,1-6H3;7H,1-6H3,(H,12,13);3*7H,1-6H3. The van der Waals surface area contributed by atoms with Crippen molar-refractivity contribution in [1.29, 1.82) is 0 Å². The first kappa shape index (κ1) is 126. The van der Waals surface area contributed by atoms with Crippen LogP contribution >= 0.6 is 34.0 Å². The molecule has 0 aliphatic heterocycles. The quantitative estimate of drug-likeness (QED) is 0.135. The number of thiophene rings is 1. The lowest BCUT2D eigenvalue weighted by molar-refractivity contribution is 0.392. The fourth-order valence-electron chi connectivity index (χ4n) is 12.8. The number of aromatic hydroxyl groups is 1. The minimum atomic E-state index is -0.0255. The number of rotatable bonds is 0. The molecule has 0 aliphatic rings. The van der Waals surface area contributed by atoms with Crippen LogP contribution in [0.15, 0.2) is 92.8 Å². The van der Waals surface area contributed by atoms with Gasteiger partial charge in [0.1, 0.15) is 29.4 Å². The molecule has 0 aromatic carbocycles. The van der Waals surface area contributed by atoms with Gasteiger partial charge in [-0.15, -0.1) is 34.0 Å². The number of aromatic amines is 2. The summed E-state index contributed by atoms with van der Waals surface area (Å²) in [7, 11) is 6.20. The molecule has 0 radical (unpaired) electrons. The second-order valence-corrected chi connectivity index (χ2v) is 60.7. The molecule has 0 atom stereocenters. The van der Waals surface area contributed by atoms with Crippen molar-refractivity contribution >= 4 is 34.0 Å². The molecule has 0 unspecified atom stereocenters. The number of nitrogens with one attached hydrogen (secondary N) is 2. The number of nitrogens with zero attached hydrogens (tertiary/aromatic N) is 8. The van der Waals surface area contributed by atoms with Gasteiger partial charge in [-0.1, -0.05) is 415 Å². The van der Waals surface area contributed by atoms with Crippen molar-refractivity contribution in [1.82, 2.24) is 48.6 Å². The molecule has 0 fully saturated rings. The smallest absolute Gasteiger partial charge is 0.199 e. The zero-order chi connectivity index (χ0) is 106. The van der Waals surface area contributed by atoms with Gasteiger partial charge in [-0.05, 0) is 84.4 Å². The van der Waals surface area contributed by atoms with Crippen molar-refractivity contribution in [3.05, 3.63) is 195 Å². The Morgan fingerprint density at radius 1 is 0.299 bits per heavy atom. The number of thiazole rings is 2. The van der Waals surface area contributed by atoms with Crippen LogP contribution in [0.25, 0.3) is 0 Å². The highest BCUT2D eigenvalue weighted by atomic mass is 32.1. The van der Waals surface area contributed by atoms with Crippen molar-refractivity contribution in [3.8, 4) is 5.75 Å². The second-order valence-electron chi connectivity index (χ2n) is 58.1. The number of imidazole rings is 2. The lowest BCUT2D eigenvalue weighted by atomic mass is 9.85. The Bertz CT molecular complexity index is 4260. The third-order valence-electron chi connectivity index (χ3n) is 22.2. The molecule has 0 aliphatic carbocycles. The maximum atomic E-state index is 10.3. The molecule has 3 N–H and O–H groups in total. The van der Waals surface area contributed by atoms with Crippen LogP contribution < -0.4 is 0 Å². The van der Waals surface area contributed by atoms with E-state index in [9.17, 15) is 5.11 Å². The van der Waals surface area contributed by atoms with Gasteiger partial charge in [0, 0.05) is 166 Å². The van der Waals surface area contributed by atoms with Crippen molar-refractivity contribution in [2.75, 3.05) is 0 Å². The zero-order valence-corrected chi connectivity index (χ0v) is 101. The molecule has 764 valence electrons. The van der Waals surface area contributed by atoms with Gasteiger partial charge in [0.05, 0.1) is 44.7 Å². The summed E-state index contributed by atoms with van der Waals surface area (Å²) < 4.78 is 17.4. The van der Waals surface area contributed by atoms with E-state index in [4.69, 9.17) is 13.8 Å². The largest absolute Gasteiger partial charge is 0.506 e. The van der Waals surface area contributed by atoms with Gasteiger partial charge in [-0.2, -0.15) is 0 Å². The average Bonchev–Trinajstić information content (AvgIpc) is 1.63. The molecule has 10 rings (SSSR count). The lowest BCUT2D eigenvalue weighted by Gasteiger charge is -2.21. The van der Waals surface area contributed by atoms with Crippen molar-refractivity contribution < 1.29 is 13.9 Å². The summed E-state index contributed by atoms with van der Waals surface area (Å²) in [6.07, 6.45) is 14.1. The van der Waals surface area contributed by atoms with Gasteiger partial charge in [0.2, 0.25) is 0 Å². The maximum Gasteiger partial charge on any atom is 0.199 e. The summed E-state index contributed by atoms with van der Waals surface area (Å²) in [6, 6.07) is 9.13. The van der Waals surface area contributed by atoms with E-state index < -0.39 is 0 Å². The van der Waals surface area contributed by atoms with Crippen LogP contribution in [-0.2, 0) is 129 Å². The molecule has 13 nitrogen and oxygen atoms in total. The van der Waals surface area contributed by atoms with Gasteiger partial charge in [0.15, 0.2) is 5.89 Å². The van der Waals surface area contributed by atoms with Crippen molar-refractivity contribution in [3.63, 3.8) is 0 Å². The Kier molecular flexibility index (Phi) is 41.7. The van der Waals surface area contributed by atoms with E-state index in [0.29, 0.717) is 16.6 Å². The Morgan fingerprint density at radius 2 is 0.724 bits per heavy atom. The second kappa shape index (κ2) is 44.5. The first-order chi connectivity index (χ1) is 58.8. The fourth-order valence-corrected chi connectivity index (χ4v) is 16.3. The number of aryl methyl sites for hydroxylation is 3. The number of aromatic nitrogens is 10. The topological polar surface area (TPSA) is 157 Å². The Hall–Kier alpha value is -6.49. The Labute approximate surface area is 836 Å². The summed E-state index contributed by atoms with van der Waals surface area (Å²) in [5.74, 6) is 4.56. The van der Waals surface area contributed by atoms with Crippen LogP contribution in [0.1, 0.15) is 527 Å². The first-order valence-electron chi connectivity index (χ1n) is 49.2. The number of oxazole rings is 1. The molecule has 10 aromatic rings. The summed E-state index contributed by atoms with van der Waals surface area (Å²) in [4.78, 5) is 31.2. The fraction of sp³-hybridized carbons (Fsp3) is 0.703. The summed E-state index contributed by atoms with van der Waals surface area (Å²) >= 11 is 5.43. The predicted octanol–water partition coefficient (Wildman–Crippen LogP) is 35.5. The van der Waals surface area contributed by atoms with Gasteiger partial charge < -0.3 is 37.6 Å². The SMILES string of the molecule is CC(C)(C)c1c[nH]c(C(C)(C)C)c1.CC(C)(C)c1cnc(C(C)(C)C)[nH]1.CC(C)(C)c1coc(C(C)(C)C)c1.CC(C)(C)c1coc(C(C)(C)C)n1.CC(C)(C)c1csc(C(C)(C)C)c1.CC(C)(C)c1csc(C(C)(C)C)n1.CC(C)(C)c1csc(C(C)(C)C)n1.Cn1cc(C(C)(C)C)c(O)c1C(C)(C)C.Cn1cc(C(C)(C)C)cc1C(C)(C)C.Cn1cc(C(C)(C)C)nc1C(C)(C)C. The molecule has 0 saturated heterocycles. The van der Waals surface area contributed by atoms with Crippen LogP contribution in [-0.4, -0.2) is 53.7 Å². The number of hydrogen-bond donors (Lipinski definition) is 3. The van der Waals surface area contributed by atoms with E-state index in [1.165, 1.54) is 71.3 Å². The number of H-pyrrole nitrogens is 2. The van der Waals surface area contributed by atoms with Crippen molar-refractivity contribution in [2.24, 2.45) is 21.1 Å². The summed E-state index contributed by atoms with van der Waals surface area (Å²) in [6.45, 7) is 132. The average molecular weight is 1910 g/mol. The molecular formula is C118H206N10O3S3. The monoisotopic (exact) mass is 1910 g/mol. The van der Waals surface area contributed by atoms with Gasteiger partial charge in [-0.25, -0.2) is 24.9 Å². The van der Waals surface area contributed by atoms with Gasteiger partial charge in [-0.3, -0.25) is 0 Å². The van der Waals surface area contributed by atoms with E-state index in [-0.39, 0.29) is 97.5 Å². The molecule has 10 aromatic heterocycles. The third-order valence-corrected chi connectivity index (χ3v) is 26.1. The van der Waals surface area contributed by atoms with Gasteiger partial charge >= 0.3 is 0 Å². The minimum absolute atomic E-state index is 0.00347. The van der Waals surface area contributed by atoms with Crippen LogP contribution in [0, 0.1) is 0 Å². The Morgan fingerprint density at radius 3 is 0.925 bits per heavy atom. The van der Waals surface area contributed by atoms with Gasteiger partial charge in [0.25, 0.3) is 0 Å². The van der Waals surface area contributed by atoms with E-state index in [1.54, 1.807) is 28.9 Å². The van der Waals surface area contributed by atoms with Crippen LogP contribution in [0.5, 0.6) is 5.75 Å². The van der Waals surface area contributed by atoms with E-state index in [0.717, 1.165) is 40.3 Å². The van der Waals surface area contributed by atoms with Crippen LogP contribution in [0.3, 0.4) is 0 Å². The minimum Gasteiger partial charge on any atom is -0.506 e.